The van der Waals surface area contributed by atoms with Crippen molar-refractivity contribution in [3.63, 3.8) is 0 Å². The molecular formula is C20H27N3O3S. The fraction of sp³-hybridized carbons (Fsp3) is 0.550. The van der Waals surface area contributed by atoms with Gasteiger partial charge < -0.3 is 14.5 Å². The Morgan fingerprint density at radius 3 is 2.93 bits per heavy atom. The number of carbonyl (C=O) groups is 1. The topological polar surface area (TPSA) is 77.2 Å². The van der Waals surface area contributed by atoms with E-state index in [4.69, 9.17) is 9.15 Å². The highest BCUT2D eigenvalue weighted by atomic mass is 32.2. The van der Waals surface area contributed by atoms with Crippen LogP contribution in [0.3, 0.4) is 0 Å². The molecule has 1 unspecified atom stereocenters. The van der Waals surface area contributed by atoms with E-state index in [1.807, 2.05) is 38.1 Å². The zero-order valence-corrected chi connectivity index (χ0v) is 16.8. The standard InChI is InChI=1S/C20H27N3O3S/c1-14-7-6-10-17(11-14)25-13-18-22-23-20(26-18)27-15(2)19(24)21-12-16-8-4-3-5-9-16/h6-7,10-11,15-16H,3-5,8-9,12-13H2,1-2H3,(H,21,24). The summed E-state index contributed by atoms with van der Waals surface area (Å²) in [5, 5.41) is 11.2. The Balaban J connectivity index is 1.42. The Morgan fingerprint density at radius 2 is 2.15 bits per heavy atom. The minimum absolute atomic E-state index is 0.0151. The normalized spacial score (nSPS) is 16.1. The Kier molecular flexibility index (Phi) is 7.15. The molecule has 146 valence electrons. The number of benzene rings is 1. The van der Waals surface area contributed by atoms with Gasteiger partial charge in [-0.05, 0) is 50.3 Å². The first kappa shape index (κ1) is 19.7. The van der Waals surface area contributed by atoms with E-state index in [2.05, 4.69) is 15.5 Å². The van der Waals surface area contributed by atoms with Crippen LogP contribution in [0.4, 0.5) is 0 Å². The summed E-state index contributed by atoms with van der Waals surface area (Å²) >= 11 is 1.28. The molecule has 1 aliphatic carbocycles. The van der Waals surface area contributed by atoms with E-state index in [0.29, 0.717) is 17.0 Å². The van der Waals surface area contributed by atoms with Crippen molar-refractivity contribution in [1.29, 1.82) is 0 Å². The first-order valence-electron chi connectivity index (χ1n) is 9.56. The molecule has 3 rings (SSSR count). The highest BCUT2D eigenvalue weighted by molar-refractivity contribution is 8.00. The average molecular weight is 390 g/mol. The van der Waals surface area contributed by atoms with Gasteiger partial charge in [-0.15, -0.1) is 10.2 Å². The monoisotopic (exact) mass is 389 g/mol. The molecule has 1 saturated carbocycles. The minimum atomic E-state index is -0.278. The highest BCUT2D eigenvalue weighted by Gasteiger charge is 2.20. The number of carbonyl (C=O) groups excluding carboxylic acids is 1. The summed E-state index contributed by atoms with van der Waals surface area (Å²) in [6.07, 6.45) is 6.32. The summed E-state index contributed by atoms with van der Waals surface area (Å²) in [6.45, 7) is 4.84. The third-order valence-electron chi connectivity index (χ3n) is 4.74. The van der Waals surface area contributed by atoms with Crippen LogP contribution in [0, 0.1) is 12.8 Å². The SMILES string of the molecule is Cc1cccc(OCc2nnc(SC(C)C(=O)NCC3CCCCC3)o2)c1. The summed E-state index contributed by atoms with van der Waals surface area (Å²) in [7, 11) is 0. The lowest BCUT2D eigenvalue weighted by atomic mass is 9.89. The fourth-order valence-electron chi connectivity index (χ4n) is 3.18. The van der Waals surface area contributed by atoms with Gasteiger partial charge in [0.15, 0.2) is 6.61 Å². The van der Waals surface area contributed by atoms with Crippen LogP contribution >= 0.6 is 11.8 Å². The predicted octanol–water partition coefficient (Wildman–Crippen LogP) is 4.13. The molecule has 2 aromatic rings. The van der Waals surface area contributed by atoms with Crippen LogP contribution in [0.2, 0.25) is 0 Å². The quantitative estimate of drug-likeness (QED) is 0.684. The number of thioether (sulfide) groups is 1. The molecule has 1 amide bonds. The molecule has 1 heterocycles. The first-order chi connectivity index (χ1) is 13.1. The van der Waals surface area contributed by atoms with Gasteiger partial charge >= 0.3 is 0 Å². The summed E-state index contributed by atoms with van der Waals surface area (Å²) < 4.78 is 11.2. The number of hydrogen-bond donors (Lipinski definition) is 1. The second-order valence-electron chi connectivity index (χ2n) is 7.08. The van der Waals surface area contributed by atoms with Crippen molar-refractivity contribution in [1.82, 2.24) is 15.5 Å². The van der Waals surface area contributed by atoms with Crippen molar-refractivity contribution in [2.24, 2.45) is 5.92 Å². The number of aromatic nitrogens is 2. The van der Waals surface area contributed by atoms with Crippen molar-refractivity contribution in [3.05, 3.63) is 35.7 Å². The Hall–Kier alpha value is -2.02. The predicted molar refractivity (Wildman–Crippen MR) is 105 cm³/mol. The largest absolute Gasteiger partial charge is 0.484 e. The maximum Gasteiger partial charge on any atom is 0.277 e. The van der Waals surface area contributed by atoms with E-state index in [0.717, 1.165) is 17.9 Å². The van der Waals surface area contributed by atoms with Crippen molar-refractivity contribution >= 4 is 17.7 Å². The summed E-state index contributed by atoms with van der Waals surface area (Å²) in [6, 6.07) is 7.78. The van der Waals surface area contributed by atoms with E-state index in [9.17, 15) is 4.79 Å². The van der Waals surface area contributed by atoms with Crippen LogP contribution in [0.5, 0.6) is 5.75 Å². The number of nitrogens with zero attached hydrogens (tertiary/aromatic N) is 2. The molecule has 1 aliphatic rings. The van der Waals surface area contributed by atoms with Crippen LogP contribution in [0.15, 0.2) is 33.9 Å². The van der Waals surface area contributed by atoms with Crippen LogP contribution in [-0.2, 0) is 11.4 Å². The van der Waals surface area contributed by atoms with E-state index in [1.54, 1.807) is 0 Å². The maximum atomic E-state index is 12.3. The summed E-state index contributed by atoms with van der Waals surface area (Å²) in [5.74, 6) is 1.79. The number of nitrogens with one attached hydrogen (secondary N) is 1. The zero-order valence-electron chi connectivity index (χ0n) is 15.9. The number of rotatable bonds is 8. The molecule has 1 aromatic heterocycles. The smallest absolute Gasteiger partial charge is 0.277 e. The van der Waals surface area contributed by atoms with E-state index >= 15 is 0 Å². The van der Waals surface area contributed by atoms with Gasteiger partial charge in [-0.2, -0.15) is 0 Å². The van der Waals surface area contributed by atoms with Gasteiger partial charge in [0.1, 0.15) is 5.75 Å². The number of hydrogen-bond acceptors (Lipinski definition) is 6. The average Bonchev–Trinajstić information content (AvgIpc) is 3.12. The fourth-order valence-corrected chi connectivity index (χ4v) is 3.90. The van der Waals surface area contributed by atoms with E-state index < -0.39 is 0 Å². The van der Waals surface area contributed by atoms with Crippen molar-refractivity contribution in [3.8, 4) is 5.75 Å². The van der Waals surface area contributed by atoms with Gasteiger partial charge in [-0.25, -0.2) is 0 Å². The van der Waals surface area contributed by atoms with Crippen LogP contribution in [0.1, 0.15) is 50.5 Å². The Bertz CT molecular complexity index is 744. The minimum Gasteiger partial charge on any atom is -0.484 e. The molecule has 0 bridgehead atoms. The number of ether oxygens (including phenoxy) is 1. The molecular weight excluding hydrogens is 362 g/mol. The molecule has 1 fully saturated rings. The van der Waals surface area contributed by atoms with Crippen LogP contribution in [-0.4, -0.2) is 27.9 Å². The van der Waals surface area contributed by atoms with Gasteiger partial charge in [-0.1, -0.05) is 43.2 Å². The van der Waals surface area contributed by atoms with Crippen molar-refractivity contribution < 1.29 is 13.9 Å². The summed E-state index contributed by atoms with van der Waals surface area (Å²) in [4.78, 5) is 12.3. The molecule has 1 atom stereocenters. The van der Waals surface area contributed by atoms with Gasteiger partial charge in [0, 0.05) is 6.54 Å². The third-order valence-corrected chi connectivity index (χ3v) is 5.67. The van der Waals surface area contributed by atoms with Crippen molar-refractivity contribution in [2.75, 3.05) is 6.54 Å². The number of aryl methyl sites for hydroxylation is 1. The molecule has 6 nitrogen and oxygen atoms in total. The van der Waals surface area contributed by atoms with Crippen LogP contribution in [0.25, 0.3) is 0 Å². The second kappa shape index (κ2) is 9.78. The lowest BCUT2D eigenvalue weighted by Gasteiger charge is -2.22. The number of amides is 1. The molecule has 1 N–H and O–H groups in total. The lowest BCUT2D eigenvalue weighted by Crippen LogP contribution is -2.35. The van der Waals surface area contributed by atoms with Gasteiger partial charge in [0.25, 0.3) is 11.1 Å². The molecule has 0 radical (unpaired) electrons. The first-order valence-corrected chi connectivity index (χ1v) is 10.4. The van der Waals surface area contributed by atoms with E-state index in [1.165, 1.54) is 43.9 Å². The maximum absolute atomic E-state index is 12.3. The van der Waals surface area contributed by atoms with Gasteiger partial charge in [-0.3, -0.25) is 4.79 Å². The van der Waals surface area contributed by atoms with Gasteiger partial charge in [0.05, 0.1) is 5.25 Å². The molecule has 0 aliphatic heterocycles. The van der Waals surface area contributed by atoms with E-state index in [-0.39, 0.29) is 17.8 Å². The molecule has 27 heavy (non-hydrogen) atoms. The van der Waals surface area contributed by atoms with Crippen molar-refractivity contribution in [2.45, 2.75) is 63.0 Å². The molecule has 7 heteroatoms. The Morgan fingerprint density at radius 1 is 1.33 bits per heavy atom. The lowest BCUT2D eigenvalue weighted by molar-refractivity contribution is -0.120. The highest BCUT2D eigenvalue weighted by Crippen LogP contribution is 2.24. The Labute approximate surface area is 164 Å². The second-order valence-corrected chi connectivity index (χ2v) is 8.37. The zero-order chi connectivity index (χ0) is 19.1. The molecule has 0 spiro atoms. The molecule has 1 aromatic carbocycles. The molecule has 0 saturated heterocycles. The van der Waals surface area contributed by atoms with Crippen LogP contribution < -0.4 is 10.1 Å². The summed E-state index contributed by atoms with van der Waals surface area (Å²) in [5.41, 5.74) is 1.13. The third kappa shape index (κ3) is 6.27. The van der Waals surface area contributed by atoms with Gasteiger partial charge in [0.2, 0.25) is 5.91 Å².